The van der Waals surface area contributed by atoms with Gasteiger partial charge in [-0.05, 0) is 41.5 Å². The van der Waals surface area contributed by atoms with Gasteiger partial charge in [-0.15, -0.1) is 0 Å². The van der Waals surface area contributed by atoms with Crippen molar-refractivity contribution in [2.45, 2.75) is 13.1 Å². The molecule has 3 aromatic rings. The van der Waals surface area contributed by atoms with Crippen LogP contribution in [0.15, 0.2) is 66.9 Å². The minimum Gasteiger partial charge on any atom is -0.384 e. The van der Waals surface area contributed by atoms with Crippen molar-refractivity contribution in [2.75, 3.05) is 11.1 Å². The van der Waals surface area contributed by atoms with E-state index in [9.17, 15) is 14.0 Å². The number of carbonyl (C=O) groups excluding carboxylic acids is 2. The monoisotopic (exact) mass is 393 g/mol. The maximum Gasteiger partial charge on any atom is 0.315 e. The molecule has 7 nitrogen and oxygen atoms in total. The molecule has 0 atom stereocenters. The summed E-state index contributed by atoms with van der Waals surface area (Å²) in [5.41, 5.74) is 8.27. The molecule has 0 saturated heterocycles. The second kappa shape index (κ2) is 9.32. The Balaban J connectivity index is 1.46. The number of nitrogens with one attached hydrogen (secondary N) is 3. The highest BCUT2D eigenvalue weighted by molar-refractivity contribution is 6.04. The van der Waals surface area contributed by atoms with Gasteiger partial charge in [0.25, 0.3) is 5.91 Å². The Hall–Kier alpha value is -3.94. The van der Waals surface area contributed by atoms with Crippen LogP contribution in [0, 0.1) is 5.82 Å². The third-order valence-corrected chi connectivity index (χ3v) is 4.07. The van der Waals surface area contributed by atoms with Gasteiger partial charge in [-0.25, -0.2) is 14.2 Å². The number of anilines is 2. The highest BCUT2D eigenvalue weighted by Gasteiger charge is 2.07. The zero-order valence-corrected chi connectivity index (χ0v) is 15.5. The first-order valence-electron chi connectivity index (χ1n) is 8.87. The lowest BCUT2D eigenvalue weighted by Gasteiger charge is -2.09. The number of hydrogen-bond acceptors (Lipinski definition) is 4. The van der Waals surface area contributed by atoms with Gasteiger partial charge in [-0.3, -0.25) is 4.79 Å². The molecule has 0 saturated carbocycles. The van der Waals surface area contributed by atoms with Crippen molar-refractivity contribution in [1.82, 2.24) is 15.6 Å². The Morgan fingerprint density at radius 1 is 0.897 bits per heavy atom. The summed E-state index contributed by atoms with van der Waals surface area (Å²) in [7, 11) is 0. The van der Waals surface area contributed by atoms with E-state index in [4.69, 9.17) is 5.73 Å². The van der Waals surface area contributed by atoms with E-state index in [1.165, 1.54) is 18.3 Å². The molecule has 0 radical (unpaired) electrons. The van der Waals surface area contributed by atoms with E-state index in [0.717, 1.165) is 11.1 Å². The molecule has 3 rings (SSSR count). The molecule has 8 heteroatoms. The summed E-state index contributed by atoms with van der Waals surface area (Å²) in [4.78, 5) is 28.0. The SMILES string of the molecule is Nc1cc(NC(=O)c2ccc(CNC(=O)NCc3ccc(F)cc3)cc2)ccn1. The zero-order chi connectivity index (χ0) is 20.6. The fourth-order valence-electron chi connectivity index (χ4n) is 2.53. The van der Waals surface area contributed by atoms with Crippen LogP contribution in [0.5, 0.6) is 0 Å². The van der Waals surface area contributed by atoms with Crippen LogP contribution < -0.4 is 21.7 Å². The molecule has 148 valence electrons. The lowest BCUT2D eigenvalue weighted by Crippen LogP contribution is -2.34. The van der Waals surface area contributed by atoms with E-state index in [1.807, 2.05) is 0 Å². The Morgan fingerprint density at radius 2 is 1.48 bits per heavy atom. The average molecular weight is 393 g/mol. The van der Waals surface area contributed by atoms with Crippen LogP contribution in [0.25, 0.3) is 0 Å². The van der Waals surface area contributed by atoms with Crippen LogP contribution in [-0.4, -0.2) is 16.9 Å². The number of nitrogen functional groups attached to an aromatic ring is 1. The number of nitrogens with two attached hydrogens (primary N) is 1. The van der Waals surface area contributed by atoms with Crippen LogP contribution in [0.2, 0.25) is 0 Å². The highest BCUT2D eigenvalue weighted by atomic mass is 19.1. The topological polar surface area (TPSA) is 109 Å². The molecule has 3 amide bonds. The molecule has 1 heterocycles. The van der Waals surface area contributed by atoms with Gasteiger partial charge in [0.1, 0.15) is 11.6 Å². The number of hydrogen-bond donors (Lipinski definition) is 4. The van der Waals surface area contributed by atoms with Crippen molar-refractivity contribution in [3.8, 4) is 0 Å². The van der Waals surface area contributed by atoms with Gasteiger partial charge < -0.3 is 21.7 Å². The van der Waals surface area contributed by atoms with E-state index < -0.39 is 0 Å². The number of amides is 3. The van der Waals surface area contributed by atoms with Gasteiger partial charge in [0.05, 0.1) is 0 Å². The van der Waals surface area contributed by atoms with Crippen LogP contribution in [0.3, 0.4) is 0 Å². The molecular weight excluding hydrogens is 373 g/mol. The summed E-state index contributed by atoms with van der Waals surface area (Å²) in [5.74, 6) is -0.269. The second-order valence-electron chi connectivity index (χ2n) is 6.28. The Kier molecular flexibility index (Phi) is 6.36. The molecular formula is C21H20FN5O2. The maximum absolute atomic E-state index is 12.9. The van der Waals surface area contributed by atoms with E-state index in [-0.39, 0.29) is 17.8 Å². The van der Waals surface area contributed by atoms with Crippen molar-refractivity contribution in [1.29, 1.82) is 0 Å². The number of pyridine rings is 1. The first-order valence-corrected chi connectivity index (χ1v) is 8.87. The summed E-state index contributed by atoms with van der Waals surface area (Å²) >= 11 is 0. The first-order chi connectivity index (χ1) is 14.0. The van der Waals surface area contributed by atoms with Crippen LogP contribution in [-0.2, 0) is 13.1 Å². The molecule has 29 heavy (non-hydrogen) atoms. The Labute approximate surface area is 167 Å². The van der Waals surface area contributed by atoms with E-state index in [1.54, 1.807) is 48.5 Å². The van der Waals surface area contributed by atoms with Gasteiger partial charge in [0.15, 0.2) is 0 Å². The first kappa shape index (κ1) is 19.8. The summed E-state index contributed by atoms with van der Waals surface area (Å²) in [6, 6.07) is 15.7. The lowest BCUT2D eigenvalue weighted by molar-refractivity contribution is 0.102. The largest absolute Gasteiger partial charge is 0.384 e. The highest BCUT2D eigenvalue weighted by Crippen LogP contribution is 2.12. The number of benzene rings is 2. The summed E-state index contributed by atoms with van der Waals surface area (Å²) in [6.07, 6.45) is 1.51. The van der Waals surface area contributed by atoms with E-state index in [0.29, 0.717) is 30.2 Å². The molecule has 1 aromatic heterocycles. The minimum absolute atomic E-state index is 0.271. The van der Waals surface area contributed by atoms with Gasteiger partial charge in [0.2, 0.25) is 0 Å². The molecule has 0 aliphatic heterocycles. The standard InChI is InChI=1S/C21H20FN5O2/c22-17-7-3-15(4-8-17)13-26-21(29)25-12-14-1-5-16(6-2-14)20(28)27-18-9-10-24-19(23)11-18/h1-11H,12-13H2,(H2,25,26,29)(H3,23,24,27,28). The predicted molar refractivity (Wildman–Crippen MR) is 109 cm³/mol. The van der Waals surface area contributed by atoms with Crippen molar-refractivity contribution >= 4 is 23.4 Å². The van der Waals surface area contributed by atoms with Gasteiger partial charge in [0, 0.05) is 36.6 Å². The third-order valence-electron chi connectivity index (χ3n) is 4.07. The fourth-order valence-corrected chi connectivity index (χ4v) is 2.53. The maximum atomic E-state index is 12.9. The molecule has 0 aliphatic rings. The molecule has 2 aromatic carbocycles. The Morgan fingerprint density at radius 3 is 2.07 bits per heavy atom. The number of halogens is 1. The number of carbonyl (C=O) groups is 2. The van der Waals surface area contributed by atoms with Crippen LogP contribution >= 0.6 is 0 Å². The van der Waals surface area contributed by atoms with Crippen molar-refractivity contribution in [3.63, 3.8) is 0 Å². The lowest BCUT2D eigenvalue weighted by atomic mass is 10.1. The van der Waals surface area contributed by atoms with Crippen molar-refractivity contribution < 1.29 is 14.0 Å². The minimum atomic E-state index is -0.341. The zero-order valence-electron chi connectivity index (χ0n) is 15.5. The molecule has 0 bridgehead atoms. The second-order valence-corrected chi connectivity index (χ2v) is 6.28. The number of nitrogens with zero attached hydrogens (tertiary/aromatic N) is 1. The summed E-state index contributed by atoms with van der Waals surface area (Å²) < 4.78 is 12.9. The van der Waals surface area contributed by atoms with Gasteiger partial charge in [-0.2, -0.15) is 0 Å². The van der Waals surface area contributed by atoms with E-state index >= 15 is 0 Å². The normalized spacial score (nSPS) is 10.2. The summed E-state index contributed by atoms with van der Waals surface area (Å²) in [5, 5.41) is 8.17. The molecule has 0 fully saturated rings. The number of aromatic nitrogens is 1. The quantitative estimate of drug-likeness (QED) is 0.516. The molecule has 0 spiro atoms. The van der Waals surface area contributed by atoms with Gasteiger partial charge >= 0.3 is 6.03 Å². The van der Waals surface area contributed by atoms with E-state index in [2.05, 4.69) is 20.9 Å². The third kappa shape index (κ3) is 6.03. The predicted octanol–water partition coefficient (Wildman–Crippen LogP) is 3.05. The summed E-state index contributed by atoms with van der Waals surface area (Å²) in [6.45, 7) is 0.600. The Bertz CT molecular complexity index is 991. The smallest absolute Gasteiger partial charge is 0.315 e. The molecule has 5 N–H and O–H groups in total. The number of urea groups is 1. The molecule has 0 aliphatic carbocycles. The van der Waals surface area contributed by atoms with Crippen LogP contribution in [0.4, 0.5) is 20.7 Å². The average Bonchev–Trinajstić information content (AvgIpc) is 2.72. The van der Waals surface area contributed by atoms with Crippen LogP contribution in [0.1, 0.15) is 21.5 Å². The van der Waals surface area contributed by atoms with Crippen molar-refractivity contribution in [2.24, 2.45) is 0 Å². The number of rotatable bonds is 6. The molecule has 0 unspecified atom stereocenters. The van der Waals surface area contributed by atoms with Crippen molar-refractivity contribution in [3.05, 3.63) is 89.4 Å². The fraction of sp³-hybridized carbons (Fsp3) is 0.0952. The van der Waals surface area contributed by atoms with Gasteiger partial charge in [-0.1, -0.05) is 24.3 Å².